The second-order valence-electron chi connectivity index (χ2n) is 7.15. The highest BCUT2D eigenvalue weighted by molar-refractivity contribution is 8.00. The summed E-state index contributed by atoms with van der Waals surface area (Å²) in [5, 5.41) is 6.51. The van der Waals surface area contributed by atoms with E-state index in [1.165, 1.54) is 23.9 Å². The highest BCUT2D eigenvalue weighted by atomic mass is 35.5. The Morgan fingerprint density at radius 2 is 1.90 bits per heavy atom. The fraction of sp³-hybridized carbons (Fsp3) is 0.174. The maximum absolute atomic E-state index is 13.2. The zero-order chi connectivity index (χ0) is 22.0. The third-order valence-corrected chi connectivity index (χ3v) is 6.56. The number of benzene rings is 3. The number of para-hydroxylation sites is 2. The van der Waals surface area contributed by atoms with Crippen LogP contribution in [0.4, 0.5) is 20.6 Å². The molecule has 0 radical (unpaired) electrons. The van der Waals surface area contributed by atoms with Crippen molar-refractivity contribution in [3.63, 3.8) is 0 Å². The lowest BCUT2D eigenvalue weighted by Crippen LogP contribution is -2.47. The van der Waals surface area contributed by atoms with Gasteiger partial charge in [0.15, 0.2) is 5.50 Å². The summed E-state index contributed by atoms with van der Waals surface area (Å²) in [6.45, 7) is 2.17. The number of fused-ring (bicyclic) bond motifs is 1. The topological polar surface area (TPSA) is 70.4 Å². The number of rotatable bonds is 5. The molecule has 0 saturated carbocycles. The minimum absolute atomic E-state index is 0.289. The molecule has 4 N–H and O–H groups in total. The van der Waals surface area contributed by atoms with Gasteiger partial charge in [0.1, 0.15) is 5.82 Å². The van der Waals surface area contributed by atoms with Gasteiger partial charge in [-0.25, -0.2) is 9.18 Å². The van der Waals surface area contributed by atoms with Gasteiger partial charge in [0.2, 0.25) is 0 Å². The molecular formula is C23H22ClFN4OS. The standard InChI is InChI=1S/C23H22ClFN4OS/c1-14(15-9-11-17(25)12-10-15)27-22(30)28-23-29(19-7-2-3-8-20(19)31-23)21-16(13-26)5-4-6-18(21)24/h2-12,14,23H,13,26H2,1H3,(H2,27,28,30). The lowest BCUT2D eigenvalue weighted by molar-refractivity contribution is 0.237. The number of amides is 2. The number of hydrogen-bond donors (Lipinski definition) is 3. The Kier molecular flexibility index (Phi) is 6.36. The summed E-state index contributed by atoms with van der Waals surface area (Å²) >= 11 is 8.09. The van der Waals surface area contributed by atoms with Crippen molar-refractivity contribution in [3.05, 3.63) is 88.7 Å². The first kappa shape index (κ1) is 21.5. The molecule has 2 unspecified atom stereocenters. The molecule has 0 saturated heterocycles. The van der Waals surface area contributed by atoms with E-state index in [9.17, 15) is 9.18 Å². The van der Waals surface area contributed by atoms with E-state index in [1.807, 2.05) is 54.3 Å². The summed E-state index contributed by atoms with van der Waals surface area (Å²) in [6.07, 6.45) is 0. The monoisotopic (exact) mass is 456 g/mol. The molecular weight excluding hydrogens is 435 g/mol. The van der Waals surface area contributed by atoms with Crippen molar-refractivity contribution < 1.29 is 9.18 Å². The lowest BCUT2D eigenvalue weighted by atomic mass is 10.1. The van der Waals surface area contributed by atoms with Crippen LogP contribution in [0.1, 0.15) is 24.1 Å². The molecule has 1 aliphatic heterocycles. The highest BCUT2D eigenvalue weighted by Crippen LogP contribution is 2.49. The van der Waals surface area contributed by atoms with Gasteiger partial charge in [-0.05, 0) is 48.4 Å². The first-order valence-electron chi connectivity index (χ1n) is 9.83. The van der Waals surface area contributed by atoms with Crippen molar-refractivity contribution in [1.82, 2.24) is 10.6 Å². The Hall–Kier alpha value is -2.74. The third kappa shape index (κ3) is 4.49. The van der Waals surface area contributed by atoms with E-state index in [0.717, 1.165) is 27.4 Å². The second-order valence-corrected chi connectivity index (χ2v) is 8.68. The molecule has 0 spiro atoms. The van der Waals surface area contributed by atoms with Crippen molar-refractivity contribution in [3.8, 4) is 0 Å². The number of nitrogens with two attached hydrogens (primary N) is 1. The van der Waals surface area contributed by atoms with E-state index in [1.54, 1.807) is 12.1 Å². The average molecular weight is 457 g/mol. The fourth-order valence-corrected chi connectivity index (χ4v) is 5.03. The quantitative estimate of drug-likeness (QED) is 0.472. The van der Waals surface area contributed by atoms with Crippen molar-refractivity contribution in [2.24, 2.45) is 5.73 Å². The number of hydrogen-bond acceptors (Lipinski definition) is 4. The SMILES string of the molecule is CC(NC(=O)NC1Sc2ccccc2N1c1c(Cl)cccc1CN)c1ccc(F)cc1. The normalized spacial score (nSPS) is 16.0. The molecule has 0 aromatic heterocycles. The van der Waals surface area contributed by atoms with Gasteiger partial charge in [-0.1, -0.05) is 59.8 Å². The Labute approximate surface area is 189 Å². The van der Waals surface area contributed by atoms with Gasteiger partial charge in [0, 0.05) is 11.4 Å². The van der Waals surface area contributed by atoms with Gasteiger partial charge in [0.25, 0.3) is 0 Å². The number of carbonyl (C=O) groups is 1. The average Bonchev–Trinajstić information content (AvgIpc) is 3.11. The van der Waals surface area contributed by atoms with Crippen LogP contribution in [0.3, 0.4) is 0 Å². The lowest BCUT2D eigenvalue weighted by Gasteiger charge is -2.30. The minimum atomic E-state index is -0.414. The van der Waals surface area contributed by atoms with Crippen molar-refractivity contribution in [2.75, 3.05) is 4.90 Å². The minimum Gasteiger partial charge on any atom is -0.332 e. The van der Waals surface area contributed by atoms with E-state index in [2.05, 4.69) is 10.6 Å². The summed E-state index contributed by atoms with van der Waals surface area (Å²) in [4.78, 5) is 15.9. The first-order valence-corrected chi connectivity index (χ1v) is 11.1. The van der Waals surface area contributed by atoms with Crippen molar-refractivity contribution >= 4 is 40.8 Å². The summed E-state index contributed by atoms with van der Waals surface area (Å²) < 4.78 is 13.2. The van der Waals surface area contributed by atoms with Crippen LogP contribution < -0.4 is 21.3 Å². The summed E-state index contributed by atoms with van der Waals surface area (Å²) in [6, 6.07) is 19.0. The molecule has 1 heterocycles. The number of nitrogens with one attached hydrogen (secondary N) is 2. The number of carbonyl (C=O) groups excluding carboxylic acids is 1. The molecule has 3 aromatic carbocycles. The Morgan fingerprint density at radius 3 is 2.65 bits per heavy atom. The zero-order valence-corrected chi connectivity index (χ0v) is 18.4. The molecule has 0 fully saturated rings. The number of urea groups is 1. The molecule has 1 aliphatic rings. The van der Waals surface area contributed by atoms with Crippen LogP contribution in [-0.4, -0.2) is 11.5 Å². The summed E-state index contributed by atoms with van der Waals surface area (Å²) in [5.41, 5.74) is 8.99. The van der Waals surface area contributed by atoms with E-state index < -0.39 is 5.50 Å². The van der Waals surface area contributed by atoms with Crippen LogP contribution in [-0.2, 0) is 6.54 Å². The van der Waals surface area contributed by atoms with Crippen LogP contribution in [0.15, 0.2) is 71.6 Å². The fourth-order valence-electron chi connectivity index (χ4n) is 3.57. The summed E-state index contributed by atoms with van der Waals surface area (Å²) in [5.74, 6) is -0.313. The van der Waals surface area contributed by atoms with Crippen LogP contribution in [0.5, 0.6) is 0 Å². The maximum Gasteiger partial charge on any atom is 0.317 e. The predicted octanol–water partition coefficient (Wildman–Crippen LogP) is 5.53. The predicted molar refractivity (Wildman–Crippen MR) is 124 cm³/mol. The molecule has 0 aliphatic carbocycles. The maximum atomic E-state index is 13.2. The summed E-state index contributed by atoms with van der Waals surface area (Å²) in [7, 11) is 0. The number of anilines is 2. The van der Waals surface area contributed by atoms with E-state index in [4.69, 9.17) is 17.3 Å². The number of thioether (sulfide) groups is 1. The molecule has 2 amide bonds. The van der Waals surface area contributed by atoms with Crippen LogP contribution >= 0.6 is 23.4 Å². The highest BCUT2D eigenvalue weighted by Gasteiger charge is 2.34. The number of halogens is 2. The van der Waals surface area contributed by atoms with Gasteiger partial charge in [-0.15, -0.1) is 0 Å². The van der Waals surface area contributed by atoms with E-state index >= 15 is 0 Å². The van der Waals surface area contributed by atoms with E-state index in [-0.39, 0.29) is 17.9 Å². The van der Waals surface area contributed by atoms with Crippen LogP contribution in [0.2, 0.25) is 5.02 Å². The van der Waals surface area contributed by atoms with Gasteiger partial charge < -0.3 is 21.3 Å². The van der Waals surface area contributed by atoms with Crippen molar-refractivity contribution in [2.45, 2.75) is 29.9 Å². The van der Waals surface area contributed by atoms with Crippen molar-refractivity contribution in [1.29, 1.82) is 0 Å². The van der Waals surface area contributed by atoms with Gasteiger partial charge in [-0.3, -0.25) is 0 Å². The van der Waals surface area contributed by atoms with Gasteiger partial charge in [-0.2, -0.15) is 0 Å². The molecule has 160 valence electrons. The Bertz CT molecular complexity index is 1100. The second kappa shape index (κ2) is 9.18. The largest absolute Gasteiger partial charge is 0.332 e. The molecule has 5 nitrogen and oxygen atoms in total. The molecule has 31 heavy (non-hydrogen) atoms. The molecule has 0 bridgehead atoms. The molecule has 2 atom stereocenters. The number of nitrogens with zero attached hydrogens (tertiary/aromatic N) is 1. The third-order valence-electron chi connectivity index (χ3n) is 5.10. The smallest absolute Gasteiger partial charge is 0.317 e. The molecule has 8 heteroatoms. The molecule has 3 aromatic rings. The van der Waals surface area contributed by atoms with Crippen LogP contribution in [0.25, 0.3) is 0 Å². The van der Waals surface area contributed by atoms with Gasteiger partial charge in [0.05, 0.1) is 22.4 Å². The first-order chi connectivity index (χ1) is 15.0. The molecule has 4 rings (SSSR count). The van der Waals surface area contributed by atoms with Gasteiger partial charge >= 0.3 is 6.03 Å². The Morgan fingerprint density at radius 1 is 1.16 bits per heavy atom. The Balaban J connectivity index is 1.59. The van der Waals surface area contributed by atoms with E-state index in [0.29, 0.717) is 11.6 Å². The zero-order valence-electron chi connectivity index (χ0n) is 16.8. The van der Waals surface area contributed by atoms with Crippen LogP contribution in [0, 0.1) is 5.82 Å².